The van der Waals surface area contributed by atoms with Gasteiger partial charge in [0.15, 0.2) is 0 Å². The monoisotopic (exact) mass is 253 g/mol. The van der Waals surface area contributed by atoms with Crippen molar-refractivity contribution in [2.75, 3.05) is 19.4 Å². The number of rotatable bonds is 7. The molecule has 0 unspecified atom stereocenters. The van der Waals surface area contributed by atoms with Crippen molar-refractivity contribution in [2.24, 2.45) is 0 Å². The van der Waals surface area contributed by atoms with Gasteiger partial charge in [0.05, 0.1) is 7.11 Å². The van der Waals surface area contributed by atoms with Crippen molar-refractivity contribution in [1.29, 1.82) is 0 Å². The van der Waals surface area contributed by atoms with Gasteiger partial charge in [-0.25, -0.2) is 0 Å². The van der Waals surface area contributed by atoms with E-state index in [2.05, 4.69) is 50.0 Å². The second kappa shape index (κ2) is 7.62. The second-order valence-corrected chi connectivity index (χ2v) is 4.93. The molecule has 0 aliphatic heterocycles. The van der Waals surface area contributed by atoms with Crippen LogP contribution in [0.25, 0.3) is 0 Å². The minimum Gasteiger partial charge on any atom is -0.496 e. The molecule has 0 heterocycles. The summed E-state index contributed by atoms with van der Waals surface area (Å²) in [6, 6.07) is 6.48. The average molecular weight is 253 g/mol. The standard InChI is InChI=1S/C14H23NOS/c1-11(2)12-5-6-13(14(9-12)16-3)10-15-7-4-8-17/h5-6,9,11,15,17H,4,7-8,10H2,1-3H3. The molecule has 0 aliphatic rings. The molecule has 1 N–H and O–H groups in total. The van der Waals surface area contributed by atoms with Gasteiger partial charge in [0.1, 0.15) is 5.75 Å². The number of ether oxygens (including phenoxy) is 1. The molecule has 0 amide bonds. The predicted octanol–water partition coefficient (Wildman–Crippen LogP) is 3.23. The topological polar surface area (TPSA) is 21.3 Å². The minimum absolute atomic E-state index is 0.537. The van der Waals surface area contributed by atoms with E-state index < -0.39 is 0 Å². The third kappa shape index (κ3) is 4.60. The molecule has 2 nitrogen and oxygen atoms in total. The van der Waals surface area contributed by atoms with Gasteiger partial charge in [0, 0.05) is 12.1 Å². The number of hydrogen-bond acceptors (Lipinski definition) is 3. The SMILES string of the molecule is COc1cc(C(C)C)ccc1CNCCCS. The van der Waals surface area contributed by atoms with Gasteiger partial charge in [0.2, 0.25) is 0 Å². The van der Waals surface area contributed by atoms with E-state index in [4.69, 9.17) is 4.74 Å². The van der Waals surface area contributed by atoms with E-state index in [0.29, 0.717) is 5.92 Å². The number of thiol groups is 1. The van der Waals surface area contributed by atoms with Crippen molar-refractivity contribution in [1.82, 2.24) is 5.32 Å². The van der Waals surface area contributed by atoms with Gasteiger partial charge in [0.25, 0.3) is 0 Å². The molecule has 0 atom stereocenters. The first-order valence-corrected chi connectivity index (χ1v) is 6.80. The maximum Gasteiger partial charge on any atom is 0.123 e. The van der Waals surface area contributed by atoms with Gasteiger partial charge in [-0.2, -0.15) is 12.6 Å². The lowest BCUT2D eigenvalue weighted by atomic mass is 10.0. The maximum atomic E-state index is 5.44. The van der Waals surface area contributed by atoms with Gasteiger partial charge in [-0.1, -0.05) is 26.0 Å². The summed E-state index contributed by atoms with van der Waals surface area (Å²) in [7, 11) is 1.73. The lowest BCUT2D eigenvalue weighted by Gasteiger charge is -2.13. The molecule has 0 spiro atoms. The molecule has 0 aromatic heterocycles. The Kier molecular flexibility index (Phi) is 6.45. The Morgan fingerprint density at radius 3 is 2.71 bits per heavy atom. The highest BCUT2D eigenvalue weighted by Crippen LogP contribution is 2.24. The first-order valence-electron chi connectivity index (χ1n) is 6.17. The smallest absolute Gasteiger partial charge is 0.123 e. The van der Waals surface area contributed by atoms with Gasteiger partial charge < -0.3 is 10.1 Å². The molecule has 1 rings (SSSR count). The summed E-state index contributed by atoms with van der Waals surface area (Å²) in [4.78, 5) is 0. The normalized spacial score (nSPS) is 10.9. The van der Waals surface area contributed by atoms with Crippen LogP contribution >= 0.6 is 12.6 Å². The zero-order chi connectivity index (χ0) is 12.7. The van der Waals surface area contributed by atoms with Crippen LogP contribution in [-0.2, 0) is 6.54 Å². The molecule has 96 valence electrons. The van der Waals surface area contributed by atoms with Crippen molar-refractivity contribution in [3.63, 3.8) is 0 Å². The fourth-order valence-electron chi connectivity index (χ4n) is 1.69. The first-order chi connectivity index (χ1) is 8.19. The summed E-state index contributed by atoms with van der Waals surface area (Å²) < 4.78 is 5.44. The van der Waals surface area contributed by atoms with E-state index in [1.54, 1.807) is 7.11 Å². The Hall–Kier alpha value is -0.670. The Morgan fingerprint density at radius 1 is 1.35 bits per heavy atom. The largest absolute Gasteiger partial charge is 0.496 e. The fraction of sp³-hybridized carbons (Fsp3) is 0.571. The van der Waals surface area contributed by atoms with Crippen LogP contribution in [0.5, 0.6) is 5.75 Å². The lowest BCUT2D eigenvalue weighted by molar-refractivity contribution is 0.407. The summed E-state index contributed by atoms with van der Waals surface area (Å²) in [5.41, 5.74) is 2.54. The van der Waals surface area contributed by atoms with Crippen LogP contribution in [-0.4, -0.2) is 19.4 Å². The van der Waals surface area contributed by atoms with Gasteiger partial charge in [-0.3, -0.25) is 0 Å². The molecule has 17 heavy (non-hydrogen) atoms. The van der Waals surface area contributed by atoms with E-state index in [1.165, 1.54) is 11.1 Å². The van der Waals surface area contributed by atoms with Crippen molar-refractivity contribution < 1.29 is 4.74 Å². The zero-order valence-corrected chi connectivity index (χ0v) is 11.9. The molecule has 3 heteroatoms. The minimum atomic E-state index is 0.537. The molecule has 1 aromatic rings. The van der Waals surface area contributed by atoms with Gasteiger partial charge >= 0.3 is 0 Å². The zero-order valence-electron chi connectivity index (χ0n) is 11.0. The molecule has 0 fully saturated rings. The van der Waals surface area contributed by atoms with E-state index >= 15 is 0 Å². The van der Waals surface area contributed by atoms with Crippen molar-refractivity contribution in [3.05, 3.63) is 29.3 Å². The van der Waals surface area contributed by atoms with Crippen molar-refractivity contribution >= 4 is 12.6 Å². The van der Waals surface area contributed by atoms with E-state index in [-0.39, 0.29) is 0 Å². The molecule has 1 aromatic carbocycles. The first kappa shape index (κ1) is 14.4. The van der Waals surface area contributed by atoms with Gasteiger partial charge in [-0.15, -0.1) is 0 Å². The van der Waals surface area contributed by atoms with Crippen molar-refractivity contribution in [3.8, 4) is 5.75 Å². The molecule has 0 bridgehead atoms. The summed E-state index contributed by atoms with van der Waals surface area (Å²) in [5.74, 6) is 2.45. The summed E-state index contributed by atoms with van der Waals surface area (Å²) in [6.07, 6.45) is 1.09. The third-order valence-electron chi connectivity index (χ3n) is 2.80. The van der Waals surface area contributed by atoms with Crippen LogP contribution < -0.4 is 10.1 Å². The Labute approximate surface area is 110 Å². The van der Waals surface area contributed by atoms with Crippen LogP contribution in [0, 0.1) is 0 Å². The van der Waals surface area contributed by atoms with Crippen LogP contribution in [0.4, 0.5) is 0 Å². The molecular formula is C14H23NOS. The van der Waals surface area contributed by atoms with E-state index in [1.807, 2.05) is 0 Å². The number of nitrogens with one attached hydrogen (secondary N) is 1. The quantitative estimate of drug-likeness (QED) is 0.575. The van der Waals surface area contributed by atoms with Gasteiger partial charge in [-0.05, 0) is 36.3 Å². The van der Waals surface area contributed by atoms with Crippen LogP contribution in [0.1, 0.15) is 37.3 Å². The van der Waals surface area contributed by atoms with E-state index in [9.17, 15) is 0 Å². The fourth-order valence-corrected chi connectivity index (χ4v) is 1.85. The second-order valence-electron chi connectivity index (χ2n) is 4.48. The van der Waals surface area contributed by atoms with Crippen LogP contribution in [0.3, 0.4) is 0 Å². The Morgan fingerprint density at radius 2 is 2.12 bits per heavy atom. The number of hydrogen-bond donors (Lipinski definition) is 2. The summed E-state index contributed by atoms with van der Waals surface area (Å²) in [6.45, 7) is 6.24. The number of benzene rings is 1. The van der Waals surface area contributed by atoms with Crippen LogP contribution in [0.2, 0.25) is 0 Å². The highest BCUT2D eigenvalue weighted by atomic mass is 32.1. The molecule has 0 radical (unpaired) electrons. The predicted molar refractivity (Wildman–Crippen MR) is 77.3 cm³/mol. The molecule has 0 saturated carbocycles. The third-order valence-corrected chi connectivity index (χ3v) is 3.12. The molecule has 0 saturated heterocycles. The highest BCUT2D eigenvalue weighted by Gasteiger charge is 2.06. The van der Waals surface area contributed by atoms with E-state index in [0.717, 1.165) is 31.0 Å². The summed E-state index contributed by atoms with van der Waals surface area (Å²) in [5, 5.41) is 3.40. The number of methoxy groups -OCH3 is 1. The van der Waals surface area contributed by atoms with Crippen LogP contribution in [0.15, 0.2) is 18.2 Å². The van der Waals surface area contributed by atoms with Crippen molar-refractivity contribution in [2.45, 2.75) is 32.7 Å². The molecular weight excluding hydrogens is 230 g/mol. The lowest BCUT2D eigenvalue weighted by Crippen LogP contribution is -2.15. The Bertz CT molecular complexity index is 339. The Balaban J connectivity index is 2.65. The maximum absolute atomic E-state index is 5.44. The average Bonchev–Trinajstić information content (AvgIpc) is 2.34. The highest BCUT2D eigenvalue weighted by molar-refractivity contribution is 7.80. The molecule has 0 aliphatic carbocycles. The summed E-state index contributed by atoms with van der Waals surface area (Å²) >= 11 is 4.19.